The zero-order valence-corrected chi connectivity index (χ0v) is 13.6. The zero-order valence-electron chi connectivity index (χ0n) is 12.8. The smallest absolute Gasteiger partial charge is 0.0547 e. The van der Waals surface area contributed by atoms with Gasteiger partial charge in [-0.05, 0) is 18.9 Å². The van der Waals surface area contributed by atoms with Crippen LogP contribution in [0.1, 0.15) is 27.2 Å². The number of ether oxygens (including phenoxy) is 1. The summed E-state index contributed by atoms with van der Waals surface area (Å²) in [6.45, 7) is 14.7. The number of hydrogen-bond acceptors (Lipinski definition) is 4. The molecule has 112 valence electrons. The van der Waals surface area contributed by atoms with Crippen LogP contribution < -0.4 is 5.32 Å². The van der Waals surface area contributed by atoms with Crippen LogP contribution in [0.4, 0.5) is 0 Å². The minimum Gasteiger partial charge on any atom is -0.381 e. The third-order valence-electron chi connectivity index (χ3n) is 4.12. The highest BCUT2D eigenvalue weighted by Crippen LogP contribution is 2.31. The van der Waals surface area contributed by atoms with Crippen molar-refractivity contribution in [2.45, 2.75) is 32.4 Å². The van der Waals surface area contributed by atoms with Crippen LogP contribution in [0.15, 0.2) is 0 Å². The van der Waals surface area contributed by atoms with Crippen LogP contribution in [0.5, 0.6) is 0 Å². The minimum atomic E-state index is 0.358. The highest BCUT2D eigenvalue weighted by molar-refractivity contribution is 7.99. The number of thioether (sulfide) groups is 1. The van der Waals surface area contributed by atoms with E-state index in [1.807, 2.05) is 0 Å². The average molecular weight is 286 g/mol. The summed E-state index contributed by atoms with van der Waals surface area (Å²) in [7, 11) is 0. The molecule has 0 aromatic heterocycles. The van der Waals surface area contributed by atoms with Crippen molar-refractivity contribution >= 4 is 11.8 Å². The second-order valence-electron chi connectivity index (χ2n) is 6.74. The molecule has 2 unspecified atom stereocenters. The fraction of sp³-hybridized carbons (Fsp3) is 1.00. The molecule has 2 rings (SSSR count). The third kappa shape index (κ3) is 4.92. The van der Waals surface area contributed by atoms with Crippen LogP contribution in [0.25, 0.3) is 0 Å². The zero-order chi connectivity index (χ0) is 13.7. The van der Waals surface area contributed by atoms with Gasteiger partial charge in [-0.25, -0.2) is 0 Å². The molecule has 0 saturated carbocycles. The van der Waals surface area contributed by atoms with E-state index in [0.717, 1.165) is 37.5 Å². The highest BCUT2D eigenvalue weighted by atomic mass is 32.2. The lowest BCUT2D eigenvalue weighted by atomic mass is 9.86. The Balaban J connectivity index is 1.84. The van der Waals surface area contributed by atoms with Gasteiger partial charge in [0.2, 0.25) is 0 Å². The quantitative estimate of drug-likeness (QED) is 0.808. The lowest BCUT2D eigenvalue weighted by Crippen LogP contribution is -2.48. The Morgan fingerprint density at radius 2 is 2.32 bits per heavy atom. The van der Waals surface area contributed by atoms with Crippen molar-refractivity contribution in [2.75, 3.05) is 51.7 Å². The van der Waals surface area contributed by atoms with Gasteiger partial charge < -0.3 is 15.0 Å². The van der Waals surface area contributed by atoms with Crippen LogP contribution >= 0.6 is 11.8 Å². The number of hydrogen-bond donors (Lipinski definition) is 1. The van der Waals surface area contributed by atoms with Crippen LogP contribution in [0, 0.1) is 11.3 Å². The first kappa shape index (κ1) is 15.6. The van der Waals surface area contributed by atoms with Crippen molar-refractivity contribution in [3.05, 3.63) is 0 Å². The van der Waals surface area contributed by atoms with Crippen molar-refractivity contribution in [1.82, 2.24) is 10.2 Å². The van der Waals surface area contributed by atoms with Gasteiger partial charge in [-0.15, -0.1) is 0 Å². The van der Waals surface area contributed by atoms with Crippen molar-refractivity contribution in [1.29, 1.82) is 0 Å². The molecule has 2 saturated heterocycles. The summed E-state index contributed by atoms with van der Waals surface area (Å²) in [5, 5.41) is 4.45. The van der Waals surface area contributed by atoms with Gasteiger partial charge in [-0.2, -0.15) is 11.8 Å². The third-order valence-corrected chi connectivity index (χ3v) is 5.26. The summed E-state index contributed by atoms with van der Waals surface area (Å²) in [6.07, 6.45) is 1.22. The normalized spacial score (nSPS) is 33.2. The molecule has 2 atom stereocenters. The Bertz CT molecular complexity index is 267. The molecule has 2 aliphatic heterocycles. The fourth-order valence-corrected chi connectivity index (χ4v) is 4.19. The molecule has 4 heteroatoms. The summed E-state index contributed by atoms with van der Waals surface area (Å²) in [6, 6.07) is 0. The first-order valence-corrected chi connectivity index (χ1v) is 8.77. The molecule has 0 spiro atoms. The summed E-state index contributed by atoms with van der Waals surface area (Å²) in [5.41, 5.74) is 0.358. The molecule has 0 amide bonds. The van der Waals surface area contributed by atoms with Gasteiger partial charge in [0.1, 0.15) is 0 Å². The lowest BCUT2D eigenvalue weighted by molar-refractivity contribution is 0.109. The molecule has 0 aromatic rings. The van der Waals surface area contributed by atoms with Crippen LogP contribution in [-0.2, 0) is 4.74 Å². The molecule has 0 aromatic carbocycles. The Hall–Kier alpha value is 0.230. The van der Waals surface area contributed by atoms with Crippen LogP contribution in [0.3, 0.4) is 0 Å². The van der Waals surface area contributed by atoms with Gasteiger partial charge in [0.15, 0.2) is 0 Å². The van der Waals surface area contributed by atoms with E-state index < -0.39 is 0 Å². The first-order chi connectivity index (χ1) is 9.10. The Morgan fingerprint density at radius 3 is 2.95 bits per heavy atom. The fourth-order valence-electron chi connectivity index (χ4n) is 3.10. The Labute approximate surface area is 122 Å². The van der Waals surface area contributed by atoms with Crippen molar-refractivity contribution in [3.8, 4) is 0 Å². The Kier molecular flexibility index (Phi) is 6.00. The van der Waals surface area contributed by atoms with Gasteiger partial charge in [0.05, 0.1) is 6.61 Å². The van der Waals surface area contributed by atoms with Crippen molar-refractivity contribution < 1.29 is 4.74 Å². The monoisotopic (exact) mass is 286 g/mol. The van der Waals surface area contributed by atoms with Crippen LogP contribution in [-0.4, -0.2) is 61.8 Å². The number of nitrogens with zero attached hydrogens (tertiary/aromatic N) is 1. The molecule has 19 heavy (non-hydrogen) atoms. The highest BCUT2D eigenvalue weighted by Gasteiger charge is 2.37. The van der Waals surface area contributed by atoms with Crippen molar-refractivity contribution in [3.63, 3.8) is 0 Å². The predicted molar refractivity (Wildman–Crippen MR) is 83.9 cm³/mol. The standard InChI is InChI=1S/C15H30N2OS/c1-13(2)8-16-10-15(4-6-18-12-15)11-17-5-7-19-14(3)9-17/h13-14,16H,4-12H2,1-3H3. The lowest BCUT2D eigenvalue weighted by Gasteiger charge is -2.38. The van der Waals surface area contributed by atoms with Gasteiger partial charge >= 0.3 is 0 Å². The summed E-state index contributed by atoms with van der Waals surface area (Å²) < 4.78 is 5.71. The number of nitrogens with one attached hydrogen (secondary N) is 1. The molecular formula is C15H30N2OS. The molecule has 0 radical (unpaired) electrons. The van der Waals surface area contributed by atoms with E-state index in [1.54, 1.807) is 0 Å². The van der Waals surface area contributed by atoms with Crippen LogP contribution in [0.2, 0.25) is 0 Å². The Morgan fingerprint density at radius 1 is 1.47 bits per heavy atom. The van der Waals surface area contributed by atoms with E-state index in [2.05, 4.69) is 42.7 Å². The van der Waals surface area contributed by atoms with E-state index >= 15 is 0 Å². The maximum atomic E-state index is 5.71. The largest absolute Gasteiger partial charge is 0.381 e. The summed E-state index contributed by atoms with van der Waals surface area (Å²) in [4.78, 5) is 2.66. The molecule has 1 N–H and O–H groups in total. The number of rotatable bonds is 6. The second-order valence-corrected chi connectivity index (χ2v) is 8.29. The van der Waals surface area contributed by atoms with Gasteiger partial charge in [0, 0.05) is 49.2 Å². The average Bonchev–Trinajstić information content (AvgIpc) is 2.77. The summed E-state index contributed by atoms with van der Waals surface area (Å²) >= 11 is 2.11. The predicted octanol–water partition coefficient (Wildman–Crippen LogP) is 2.08. The van der Waals surface area contributed by atoms with E-state index in [-0.39, 0.29) is 0 Å². The molecule has 2 fully saturated rings. The SMILES string of the molecule is CC(C)CNCC1(CN2CCSC(C)C2)CCOC1. The molecule has 3 nitrogen and oxygen atoms in total. The minimum absolute atomic E-state index is 0.358. The first-order valence-electron chi connectivity index (χ1n) is 7.72. The van der Waals surface area contributed by atoms with Gasteiger partial charge in [-0.3, -0.25) is 0 Å². The summed E-state index contributed by atoms with van der Waals surface area (Å²) in [5.74, 6) is 2.02. The van der Waals surface area contributed by atoms with E-state index in [9.17, 15) is 0 Å². The molecule has 0 aliphatic carbocycles. The molecule has 2 heterocycles. The van der Waals surface area contributed by atoms with E-state index in [0.29, 0.717) is 5.41 Å². The maximum absolute atomic E-state index is 5.71. The topological polar surface area (TPSA) is 24.5 Å². The maximum Gasteiger partial charge on any atom is 0.0547 e. The van der Waals surface area contributed by atoms with E-state index in [4.69, 9.17) is 4.74 Å². The van der Waals surface area contributed by atoms with Gasteiger partial charge in [0.25, 0.3) is 0 Å². The molecule has 2 aliphatic rings. The second kappa shape index (κ2) is 7.30. The molecular weight excluding hydrogens is 256 g/mol. The van der Waals surface area contributed by atoms with E-state index in [1.165, 1.54) is 31.8 Å². The van der Waals surface area contributed by atoms with Crippen molar-refractivity contribution in [2.24, 2.45) is 11.3 Å². The molecule has 0 bridgehead atoms. The van der Waals surface area contributed by atoms with Gasteiger partial charge in [-0.1, -0.05) is 20.8 Å².